The second kappa shape index (κ2) is 14.0. The molecule has 0 spiro atoms. The van der Waals surface area contributed by atoms with Gasteiger partial charge in [-0.25, -0.2) is 4.99 Å². The Kier molecular flexibility index (Phi) is 9.64. The second-order valence-electron chi connectivity index (χ2n) is 11.0. The van der Waals surface area contributed by atoms with Crippen molar-refractivity contribution >= 4 is 54.4 Å². The van der Waals surface area contributed by atoms with Crippen LogP contribution in [0.1, 0.15) is 34.8 Å². The van der Waals surface area contributed by atoms with Crippen molar-refractivity contribution in [1.82, 2.24) is 5.32 Å². The fraction of sp³-hybridized carbons (Fsp3) is 0.189. The highest BCUT2D eigenvalue weighted by Gasteiger charge is 2.53. The largest absolute Gasteiger partial charge is 0.494 e. The molecule has 5 aromatic rings. The lowest BCUT2D eigenvalue weighted by molar-refractivity contribution is -0.129. The second-order valence-corrected chi connectivity index (χ2v) is 12.8. The molecule has 5 aromatic carbocycles. The number of amides is 1. The molecule has 1 heterocycles. The molecule has 0 bridgehead atoms. The quantitative estimate of drug-likeness (QED) is 0.136. The third-order valence-electron chi connectivity index (χ3n) is 7.91. The summed E-state index contributed by atoms with van der Waals surface area (Å²) in [5.41, 5.74) is 2.28. The topological polar surface area (TPSA) is 80.2 Å². The Morgan fingerprint density at radius 1 is 0.867 bits per heavy atom. The van der Waals surface area contributed by atoms with Gasteiger partial charge in [0.05, 0.1) is 6.61 Å². The highest BCUT2D eigenvalue weighted by atomic mass is 79.9. The first kappa shape index (κ1) is 31.0. The molecule has 1 amide bonds. The highest BCUT2D eigenvalue weighted by molar-refractivity contribution is 9.10. The lowest BCUT2D eigenvalue weighted by atomic mass is 9.82. The predicted molar refractivity (Wildman–Crippen MR) is 185 cm³/mol. The minimum absolute atomic E-state index is 0.0726. The van der Waals surface area contributed by atoms with E-state index in [1.54, 1.807) is 0 Å². The summed E-state index contributed by atoms with van der Waals surface area (Å²) in [4.78, 5) is 19.8. The standard InChI is InChI=1S/C37H32Br2N2O4/c38-30-15-9-25(10-16-30)23-37(36(43)40-24-29-7-3-6-26-5-1-2-8-33(26)29)34(27-11-17-31(39)18-12-27)45-35(41-37)28-13-19-32(20-14-28)44-22-4-21-42/h1-3,5-20,34,42H,4,21-24H2,(H,40,43)/t34-,37-/m1/s1. The number of hydrogen-bond acceptors (Lipinski definition) is 5. The number of carbonyl (C=O) groups is 1. The minimum Gasteiger partial charge on any atom is -0.494 e. The third-order valence-corrected chi connectivity index (χ3v) is 8.97. The zero-order chi connectivity index (χ0) is 31.2. The summed E-state index contributed by atoms with van der Waals surface area (Å²) in [6.07, 6.45) is 0.199. The van der Waals surface area contributed by atoms with Gasteiger partial charge in [0.15, 0.2) is 11.6 Å². The van der Waals surface area contributed by atoms with E-state index < -0.39 is 11.6 Å². The van der Waals surface area contributed by atoms with Gasteiger partial charge in [0.25, 0.3) is 5.91 Å². The van der Waals surface area contributed by atoms with Crippen molar-refractivity contribution in [3.8, 4) is 5.75 Å². The van der Waals surface area contributed by atoms with Crippen molar-refractivity contribution in [2.45, 2.75) is 31.0 Å². The molecule has 8 heteroatoms. The Morgan fingerprint density at radius 2 is 1.56 bits per heavy atom. The van der Waals surface area contributed by atoms with Gasteiger partial charge in [-0.2, -0.15) is 0 Å². The number of hydrogen-bond donors (Lipinski definition) is 2. The number of aliphatic hydroxyl groups is 1. The monoisotopic (exact) mass is 726 g/mol. The van der Waals surface area contributed by atoms with E-state index in [2.05, 4.69) is 55.4 Å². The summed E-state index contributed by atoms with van der Waals surface area (Å²) in [5, 5.41) is 14.5. The van der Waals surface area contributed by atoms with Gasteiger partial charge in [-0.15, -0.1) is 0 Å². The number of nitrogens with one attached hydrogen (secondary N) is 1. The molecular formula is C37H32Br2N2O4. The average molecular weight is 728 g/mol. The number of aliphatic imine (C=N–C) groups is 1. The number of nitrogens with zero attached hydrogens (tertiary/aromatic N) is 1. The molecule has 0 fully saturated rings. The van der Waals surface area contributed by atoms with Gasteiger partial charge in [0, 0.05) is 40.5 Å². The van der Waals surface area contributed by atoms with Crippen molar-refractivity contribution in [3.63, 3.8) is 0 Å². The smallest absolute Gasteiger partial charge is 0.252 e. The maximum atomic E-state index is 14.6. The number of ether oxygens (including phenoxy) is 2. The predicted octanol–water partition coefficient (Wildman–Crippen LogP) is 7.94. The van der Waals surface area contributed by atoms with Gasteiger partial charge in [-0.1, -0.05) is 98.6 Å². The molecule has 1 aliphatic rings. The first-order chi connectivity index (χ1) is 21.9. The van der Waals surface area contributed by atoms with E-state index in [9.17, 15) is 4.79 Å². The summed E-state index contributed by atoms with van der Waals surface area (Å²) >= 11 is 7.07. The SMILES string of the molecule is O=C(NCc1cccc2ccccc12)[C@]1(Cc2ccc(Br)cc2)N=C(c2ccc(OCCCO)cc2)O[C@@H]1c1ccc(Br)cc1. The number of fused-ring (bicyclic) bond motifs is 1. The number of halogens is 2. The first-order valence-corrected chi connectivity index (χ1v) is 16.4. The van der Waals surface area contributed by atoms with Crippen molar-refractivity contribution in [2.75, 3.05) is 13.2 Å². The van der Waals surface area contributed by atoms with Gasteiger partial charge in [0.2, 0.25) is 5.90 Å². The Morgan fingerprint density at radius 3 is 2.29 bits per heavy atom. The summed E-state index contributed by atoms with van der Waals surface area (Å²) in [5.74, 6) is 0.858. The average Bonchev–Trinajstić information content (AvgIpc) is 3.45. The summed E-state index contributed by atoms with van der Waals surface area (Å²) < 4.78 is 14.3. The van der Waals surface area contributed by atoms with Gasteiger partial charge < -0.3 is 19.9 Å². The summed E-state index contributed by atoms with van der Waals surface area (Å²) in [6, 6.07) is 37.6. The molecule has 6 rings (SSSR count). The van der Waals surface area contributed by atoms with Crippen molar-refractivity contribution in [3.05, 3.63) is 146 Å². The Balaban J connectivity index is 1.40. The molecule has 2 N–H and O–H groups in total. The van der Waals surface area contributed by atoms with Crippen LogP contribution in [0.3, 0.4) is 0 Å². The van der Waals surface area contributed by atoms with Crippen LogP contribution in [0.4, 0.5) is 0 Å². The zero-order valence-electron chi connectivity index (χ0n) is 24.5. The van der Waals surface area contributed by atoms with Crippen LogP contribution < -0.4 is 10.1 Å². The molecule has 45 heavy (non-hydrogen) atoms. The van der Waals surface area contributed by atoms with Crippen LogP contribution in [-0.2, 0) is 22.5 Å². The molecule has 2 atom stereocenters. The van der Waals surface area contributed by atoms with E-state index in [0.717, 1.165) is 42.0 Å². The molecule has 0 saturated carbocycles. The fourth-order valence-electron chi connectivity index (χ4n) is 5.61. The van der Waals surface area contributed by atoms with Gasteiger partial charge in [-0.05, 0) is 76.0 Å². The minimum atomic E-state index is -1.29. The van der Waals surface area contributed by atoms with Gasteiger partial charge >= 0.3 is 0 Å². The summed E-state index contributed by atoms with van der Waals surface area (Å²) in [7, 11) is 0. The molecular weight excluding hydrogens is 696 g/mol. The molecule has 0 radical (unpaired) electrons. The lowest BCUT2D eigenvalue weighted by Gasteiger charge is -2.31. The van der Waals surface area contributed by atoms with Gasteiger partial charge in [-0.3, -0.25) is 4.79 Å². The Bertz CT molecular complexity index is 1800. The van der Waals surface area contributed by atoms with E-state index in [0.29, 0.717) is 37.6 Å². The Hall–Kier alpha value is -3.98. The van der Waals surface area contributed by atoms with Crippen molar-refractivity contribution < 1.29 is 19.4 Å². The maximum Gasteiger partial charge on any atom is 0.252 e. The molecule has 0 unspecified atom stereocenters. The van der Waals surface area contributed by atoms with Crippen LogP contribution in [0.5, 0.6) is 5.75 Å². The molecule has 6 nitrogen and oxygen atoms in total. The highest BCUT2D eigenvalue weighted by Crippen LogP contribution is 2.43. The molecule has 0 saturated heterocycles. The number of rotatable bonds is 11. The van der Waals surface area contributed by atoms with Crippen LogP contribution in [0.25, 0.3) is 10.8 Å². The molecule has 228 valence electrons. The van der Waals surface area contributed by atoms with Crippen LogP contribution >= 0.6 is 31.9 Å². The fourth-order valence-corrected chi connectivity index (χ4v) is 6.14. The van der Waals surface area contributed by atoms with E-state index in [1.807, 2.05) is 97.1 Å². The normalized spacial score (nSPS) is 17.5. The van der Waals surface area contributed by atoms with E-state index in [1.165, 1.54) is 0 Å². The first-order valence-electron chi connectivity index (χ1n) is 14.8. The van der Waals surface area contributed by atoms with Crippen LogP contribution in [0.2, 0.25) is 0 Å². The van der Waals surface area contributed by atoms with E-state index >= 15 is 0 Å². The van der Waals surface area contributed by atoms with Crippen LogP contribution in [0, 0.1) is 0 Å². The van der Waals surface area contributed by atoms with Crippen molar-refractivity contribution in [1.29, 1.82) is 0 Å². The third kappa shape index (κ3) is 6.98. The molecule has 1 aliphatic heterocycles. The van der Waals surface area contributed by atoms with E-state index in [4.69, 9.17) is 19.6 Å². The van der Waals surface area contributed by atoms with Crippen LogP contribution in [-0.4, -0.2) is 35.7 Å². The lowest BCUT2D eigenvalue weighted by Crippen LogP contribution is -2.49. The number of carbonyl (C=O) groups excluding carboxylic acids is 1. The van der Waals surface area contributed by atoms with Crippen LogP contribution in [0.15, 0.2) is 129 Å². The van der Waals surface area contributed by atoms with Crippen molar-refractivity contribution in [2.24, 2.45) is 4.99 Å². The van der Waals surface area contributed by atoms with Gasteiger partial charge in [0.1, 0.15) is 5.75 Å². The molecule has 0 aliphatic carbocycles. The maximum absolute atomic E-state index is 14.6. The number of benzene rings is 5. The Labute approximate surface area is 279 Å². The summed E-state index contributed by atoms with van der Waals surface area (Å²) in [6.45, 7) is 0.843. The number of aliphatic hydroxyl groups excluding tert-OH is 1. The molecule has 0 aromatic heterocycles. The zero-order valence-corrected chi connectivity index (χ0v) is 27.6. The van der Waals surface area contributed by atoms with E-state index in [-0.39, 0.29) is 12.5 Å².